The van der Waals surface area contributed by atoms with E-state index in [4.69, 9.17) is 0 Å². The standard InChI is InChI=1S/C19H24N4O3/c1-19(7-8-20-11-19)21-9-12-3-2-4-13-14(12)10-23(18(13)26)15-5-6-16(24)22-17(15)25/h2-4,15,20-21H,5-11H2,1H3,(H,22,24,25)/t15?,19-/m0/s1. The molecule has 0 bridgehead atoms. The summed E-state index contributed by atoms with van der Waals surface area (Å²) >= 11 is 0. The molecule has 1 aromatic rings. The Labute approximate surface area is 152 Å². The van der Waals surface area contributed by atoms with Gasteiger partial charge in [-0.25, -0.2) is 0 Å². The third-order valence-corrected chi connectivity index (χ3v) is 5.75. The number of piperidine rings is 1. The monoisotopic (exact) mass is 356 g/mol. The van der Waals surface area contributed by atoms with Gasteiger partial charge in [0.15, 0.2) is 0 Å². The number of fused-ring (bicyclic) bond motifs is 1. The maximum atomic E-state index is 12.8. The van der Waals surface area contributed by atoms with Gasteiger partial charge in [0.2, 0.25) is 11.8 Å². The van der Waals surface area contributed by atoms with Gasteiger partial charge in [0.25, 0.3) is 5.91 Å². The van der Waals surface area contributed by atoms with Crippen LogP contribution >= 0.6 is 0 Å². The lowest BCUT2D eigenvalue weighted by atomic mass is 9.99. The lowest BCUT2D eigenvalue weighted by Crippen LogP contribution is -2.52. The minimum absolute atomic E-state index is 0.0641. The van der Waals surface area contributed by atoms with Crippen molar-refractivity contribution in [2.45, 2.75) is 50.9 Å². The maximum Gasteiger partial charge on any atom is 0.255 e. The minimum Gasteiger partial charge on any atom is -0.322 e. The molecule has 0 saturated carbocycles. The van der Waals surface area contributed by atoms with Crippen LogP contribution in [0, 0.1) is 0 Å². The van der Waals surface area contributed by atoms with Crippen LogP contribution in [-0.2, 0) is 22.7 Å². The summed E-state index contributed by atoms with van der Waals surface area (Å²) in [7, 11) is 0. The highest BCUT2D eigenvalue weighted by molar-refractivity contribution is 6.05. The summed E-state index contributed by atoms with van der Waals surface area (Å²) in [6.45, 7) is 5.27. The molecule has 7 heteroatoms. The van der Waals surface area contributed by atoms with E-state index < -0.39 is 6.04 Å². The molecule has 3 aliphatic heterocycles. The Kier molecular flexibility index (Phi) is 4.28. The van der Waals surface area contributed by atoms with Crippen LogP contribution in [0.25, 0.3) is 0 Å². The number of imide groups is 1. The number of carbonyl (C=O) groups excluding carboxylic acids is 3. The Morgan fingerprint density at radius 2 is 2.15 bits per heavy atom. The molecule has 0 aromatic heterocycles. The Bertz CT molecular complexity index is 770. The van der Waals surface area contributed by atoms with Crippen LogP contribution in [0.1, 0.15) is 47.7 Å². The van der Waals surface area contributed by atoms with Crippen LogP contribution in [0.5, 0.6) is 0 Å². The van der Waals surface area contributed by atoms with Crippen LogP contribution in [0.3, 0.4) is 0 Å². The first kappa shape index (κ1) is 17.2. The largest absolute Gasteiger partial charge is 0.322 e. The number of hydrogen-bond acceptors (Lipinski definition) is 5. The van der Waals surface area contributed by atoms with Gasteiger partial charge in [-0.1, -0.05) is 12.1 Å². The molecule has 0 spiro atoms. The van der Waals surface area contributed by atoms with E-state index in [1.807, 2.05) is 18.2 Å². The third-order valence-electron chi connectivity index (χ3n) is 5.75. The van der Waals surface area contributed by atoms with Gasteiger partial charge in [0, 0.05) is 37.2 Å². The fourth-order valence-corrected chi connectivity index (χ4v) is 4.09. The first-order valence-corrected chi connectivity index (χ1v) is 9.18. The van der Waals surface area contributed by atoms with Crippen molar-refractivity contribution < 1.29 is 14.4 Å². The van der Waals surface area contributed by atoms with Crippen LogP contribution < -0.4 is 16.0 Å². The van der Waals surface area contributed by atoms with E-state index in [9.17, 15) is 14.4 Å². The molecule has 7 nitrogen and oxygen atoms in total. The highest BCUT2D eigenvalue weighted by atomic mass is 16.2. The van der Waals surface area contributed by atoms with Crippen LogP contribution in [-0.4, -0.2) is 47.3 Å². The van der Waals surface area contributed by atoms with E-state index in [1.54, 1.807) is 4.90 Å². The first-order valence-electron chi connectivity index (χ1n) is 9.18. The topological polar surface area (TPSA) is 90.5 Å². The van der Waals surface area contributed by atoms with E-state index in [2.05, 4.69) is 22.9 Å². The second kappa shape index (κ2) is 6.48. The fraction of sp³-hybridized carbons (Fsp3) is 0.526. The Hall–Kier alpha value is -2.25. The molecular weight excluding hydrogens is 332 g/mol. The summed E-state index contributed by atoms with van der Waals surface area (Å²) in [4.78, 5) is 38.0. The second-order valence-corrected chi connectivity index (χ2v) is 7.68. The SMILES string of the molecule is C[C@]1(NCc2cccc3c2CN(C2CCC(=O)NC2=O)C3=O)CCNC1. The van der Waals surface area contributed by atoms with E-state index in [1.165, 1.54) is 0 Å². The van der Waals surface area contributed by atoms with E-state index in [0.29, 0.717) is 25.1 Å². The molecule has 3 N–H and O–H groups in total. The number of nitrogens with zero attached hydrogens (tertiary/aromatic N) is 1. The Morgan fingerprint density at radius 1 is 1.31 bits per heavy atom. The highest BCUT2D eigenvalue weighted by Crippen LogP contribution is 2.30. The summed E-state index contributed by atoms with van der Waals surface area (Å²) in [5.41, 5.74) is 2.82. The summed E-state index contributed by atoms with van der Waals surface area (Å²) in [6, 6.07) is 5.20. The van der Waals surface area contributed by atoms with Gasteiger partial charge in [-0.2, -0.15) is 0 Å². The lowest BCUT2D eigenvalue weighted by molar-refractivity contribution is -0.136. The maximum absolute atomic E-state index is 12.8. The molecule has 2 saturated heterocycles. The average Bonchev–Trinajstić information content (AvgIpc) is 3.18. The summed E-state index contributed by atoms with van der Waals surface area (Å²) in [5.74, 6) is -0.754. The molecule has 2 atom stereocenters. The van der Waals surface area contributed by atoms with Crippen molar-refractivity contribution in [3.63, 3.8) is 0 Å². The van der Waals surface area contributed by atoms with E-state index in [0.717, 1.165) is 30.6 Å². The zero-order chi connectivity index (χ0) is 18.3. The molecule has 26 heavy (non-hydrogen) atoms. The zero-order valence-corrected chi connectivity index (χ0v) is 14.9. The van der Waals surface area contributed by atoms with Crippen molar-refractivity contribution in [3.05, 3.63) is 34.9 Å². The summed E-state index contributed by atoms with van der Waals surface area (Å²) in [5, 5.41) is 9.33. The number of amides is 3. The second-order valence-electron chi connectivity index (χ2n) is 7.68. The molecule has 0 radical (unpaired) electrons. The van der Waals surface area contributed by atoms with Crippen molar-refractivity contribution >= 4 is 17.7 Å². The first-order chi connectivity index (χ1) is 12.5. The third kappa shape index (κ3) is 3.01. The number of hydrogen-bond donors (Lipinski definition) is 3. The Balaban J connectivity index is 1.52. The molecule has 138 valence electrons. The van der Waals surface area contributed by atoms with E-state index >= 15 is 0 Å². The predicted octanol–water partition coefficient (Wildman–Crippen LogP) is 0.289. The number of benzene rings is 1. The molecule has 0 aliphatic carbocycles. The van der Waals surface area contributed by atoms with Crippen molar-refractivity contribution in [2.75, 3.05) is 13.1 Å². The Morgan fingerprint density at radius 3 is 2.88 bits per heavy atom. The number of rotatable bonds is 4. The predicted molar refractivity (Wildman–Crippen MR) is 95.2 cm³/mol. The normalized spacial score (nSPS) is 28.4. The molecule has 3 aliphatic rings. The molecule has 2 fully saturated rings. The van der Waals surface area contributed by atoms with Crippen LogP contribution in [0.4, 0.5) is 0 Å². The van der Waals surface area contributed by atoms with E-state index in [-0.39, 0.29) is 29.7 Å². The minimum atomic E-state index is -0.565. The number of carbonyl (C=O) groups is 3. The zero-order valence-electron chi connectivity index (χ0n) is 14.9. The molecule has 4 rings (SSSR count). The summed E-state index contributed by atoms with van der Waals surface area (Å²) in [6.07, 6.45) is 1.74. The summed E-state index contributed by atoms with van der Waals surface area (Å²) < 4.78 is 0. The van der Waals surface area contributed by atoms with Gasteiger partial charge >= 0.3 is 0 Å². The van der Waals surface area contributed by atoms with Gasteiger partial charge in [-0.3, -0.25) is 19.7 Å². The molecular formula is C19H24N4O3. The molecule has 1 aromatic carbocycles. The molecule has 3 amide bonds. The van der Waals surface area contributed by atoms with Gasteiger partial charge in [0.1, 0.15) is 6.04 Å². The average molecular weight is 356 g/mol. The van der Waals surface area contributed by atoms with Crippen LogP contribution in [0.2, 0.25) is 0 Å². The fourth-order valence-electron chi connectivity index (χ4n) is 4.09. The quantitative estimate of drug-likeness (QED) is 0.675. The van der Waals surface area contributed by atoms with Gasteiger partial charge in [0.05, 0.1) is 0 Å². The van der Waals surface area contributed by atoms with Gasteiger partial charge < -0.3 is 15.5 Å². The lowest BCUT2D eigenvalue weighted by Gasteiger charge is -2.29. The van der Waals surface area contributed by atoms with Gasteiger partial charge in [-0.05, 0) is 43.5 Å². The van der Waals surface area contributed by atoms with Crippen molar-refractivity contribution in [1.29, 1.82) is 0 Å². The molecule has 1 unspecified atom stereocenters. The van der Waals surface area contributed by atoms with Gasteiger partial charge in [-0.15, -0.1) is 0 Å². The highest BCUT2D eigenvalue weighted by Gasteiger charge is 2.39. The van der Waals surface area contributed by atoms with Crippen molar-refractivity contribution in [3.8, 4) is 0 Å². The number of nitrogens with one attached hydrogen (secondary N) is 3. The molecule has 3 heterocycles. The smallest absolute Gasteiger partial charge is 0.255 e. The van der Waals surface area contributed by atoms with Crippen molar-refractivity contribution in [1.82, 2.24) is 20.9 Å². The van der Waals surface area contributed by atoms with Crippen molar-refractivity contribution in [2.24, 2.45) is 0 Å². The van der Waals surface area contributed by atoms with Crippen LogP contribution in [0.15, 0.2) is 18.2 Å².